The van der Waals surface area contributed by atoms with Gasteiger partial charge in [0.15, 0.2) is 11.5 Å². The molecule has 1 heterocycles. The maximum absolute atomic E-state index is 12.4. The SMILES string of the molecule is Cl.Nc1ccc2c(c1)CCCOc1c(cccc1C(=O)O)OC2=O. The molecule has 0 saturated heterocycles. The fraction of sp³-hybridized carbons (Fsp3) is 0.176. The lowest BCUT2D eigenvalue weighted by Crippen LogP contribution is -2.16. The molecule has 1 aliphatic heterocycles. The van der Waals surface area contributed by atoms with E-state index in [1.807, 2.05) is 0 Å². The van der Waals surface area contributed by atoms with Gasteiger partial charge in [-0.1, -0.05) is 6.07 Å². The number of carbonyl (C=O) groups is 2. The Balaban J connectivity index is 0.00000208. The van der Waals surface area contributed by atoms with Gasteiger partial charge in [-0.2, -0.15) is 0 Å². The number of rotatable bonds is 1. The molecular formula is C17H16ClNO5. The highest BCUT2D eigenvalue weighted by molar-refractivity contribution is 5.95. The van der Waals surface area contributed by atoms with Gasteiger partial charge in [-0.25, -0.2) is 9.59 Å². The summed E-state index contributed by atoms with van der Waals surface area (Å²) in [6, 6.07) is 9.43. The van der Waals surface area contributed by atoms with E-state index in [-0.39, 0.29) is 29.5 Å². The predicted molar refractivity (Wildman–Crippen MR) is 90.3 cm³/mol. The number of carboxylic acids is 1. The van der Waals surface area contributed by atoms with Crippen molar-refractivity contribution in [3.05, 3.63) is 53.1 Å². The average Bonchev–Trinajstić information content (AvgIpc) is 2.52. The first-order valence-electron chi connectivity index (χ1n) is 7.16. The number of esters is 1. The summed E-state index contributed by atoms with van der Waals surface area (Å²) in [6.45, 7) is 0.309. The maximum atomic E-state index is 12.4. The zero-order valence-corrected chi connectivity index (χ0v) is 13.5. The van der Waals surface area contributed by atoms with Crippen LogP contribution in [0.25, 0.3) is 0 Å². The number of carbonyl (C=O) groups excluding carboxylic acids is 1. The van der Waals surface area contributed by atoms with Gasteiger partial charge in [-0.15, -0.1) is 12.4 Å². The van der Waals surface area contributed by atoms with Crippen LogP contribution in [0.4, 0.5) is 5.69 Å². The summed E-state index contributed by atoms with van der Waals surface area (Å²) >= 11 is 0. The molecule has 126 valence electrons. The number of aryl methyl sites for hydroxylation is 1. The molecule has 24 heavy (non-hydrogen) atoms. The number of ether oxygens (including phenoxy) is 2. The fourth-order valence-electron chi connectivity index (χ4n) is 2.52. The summed E-state index contributed by atoms with van der Waals surface area (Å²) in [5.41, 5.74) is 7.52. The number of para-hydroxylation sites is 1. The van der Waals surface area contributed by atoms with Crippen molar-refractivity contribution in [2.75, 3.05) is 12.3 Å². The number of hydrogen-bond acceptors (Lipinski definition) is 5. The topological polar surface area (TPSA) is 98.8 Å². The van der Waals surface area contributed by atoms with Crippen LogP contribution in [-0.4, -0.2) is 23.7 Å². The monoisotopic (exact) mass is 349 g/mol. The standard InChI is InChI=1S/C17H15NO5.ClH/c18-11-6-7-12-10(9-11)3-2-8-22-15-13(16(19)20)4-1-5-14(15)23-17(12)21;/h1,4-7,9H,2-3,8,18H2,(H,19,20);1H. The lowest BCUT2D eigenvalue weighted by atomic mass is 10.0. The van der Waals surface area contributed by atoms with E-state index in [4.69, 9.17) is 15.2 Å². The van der Waals surface area contributed by atoms with E-state index in [9.17, 15) is 14.7 Å². The first-order valence-corrected chi connectivity index (χ1v) is 7.16. The Kier molecular flexibility index (Phi) is 5.31. The van der Waals surface area contributed by atoms with Gasteiger partial charge in [0.1, 0.15) is 5.56 Å². The van der Waals surface area contributed by atoms with Crippen molar-refractivity contribution in [3.63, 3.8) is 0 Å². The van der Waals surface area contributed by atoms with Crippen LogP contribution < -0.4 is 15.2 Å². The number of benzene rings is 2. The summed E-state index contributed by atoms with van der Waals surface area (Å²) in [6.07, 6.45) is 1.21. The van der Waals surface area contributed by atoms with E-state index in [1.54, 1.807) is 18.2 Å². The van der Waals surface area contributed by atoms with E-state index in [0.29, 0.717) is 30.7 Å². The summed E-state index contributed by atoms with van der Waals surface area (Å²) in [7, 11) is 0. The maximum Gasteiger partial charge on any atom is 0.343 e. The summed E-state index contributed by atoms with van der Waals surface area (Å²) in [4.78, 5) is 23.7. The Morgan fingerprint density at radius 3 is 2.75 bits per heavy atom. The molecule has 0 aliphatic carbocycles. The summed E-state index contributed by atoms with van der Waals surface area (Å²) < 4.78 is 10.9. The Morgan fingerprint density at radius 2 is 2.00 bits per heavy atom. The molecule has 0 amide bonds. The molecule has 0 atom stereocenters. The zero-order valence-electron chi connectivity index (χ0n) is 12.7. The Morgan fingerprint density at radius 1 is 1.21 bits per heavy atom. The van der Waals surface area contributed by atoms with Crippen LogP contribution in [0, 0.1) is 0 Å². The van der Waals surface area contributed by atoms with Crippen molar-refractivity contribution in [2.45, 2.75) is 12.8 Å². The Labute approximate surface area is 144 Å². The predicted octanol–water partition coefficient (Wildman–Crippen LogP) is 2.93. The lowest BCUT2D eigenvalue weighted by molar-refractivity contribution is 0.0676. The molecule has 0 spiro atoms. The highest BCUT2D eigenvalue weighted by atomic mass is 35.5. The number of halogens is 1. The minimum Gasteiger partial charge on any atom is -0.489 e. The summed E-state index contributed by atoms with van der Waals surface area (Å²) in [5, 5.41) is 9.25. The van der Waals surface area contributed by atoms with Gasteiger partial charge in [0.2, 0.25) is 0 Å². The van der Waals surface area contributed by atoms with E-state index >= 15 is 0 Å². The molecule has 6 nitrogen and oxygen atoms in total. The van der Waals surface area contributed by atoms with Crippen molar-refractivity contribution < 1.29 is 24.2 Å². The van der Waals surface area contributed by atoms with Crippen molar-refractivity contribution in [1.29, 1.82) is 0 Å². The van der Waals surface area contributed by atoms with Crippen LogP contribution in [0.2, 0.25) is 0 Å². The van der Waals surface area contributed by atoms with Crippen molar-refractivity contribution >= 4 is 30.0 Å². The molecule has 0 bridgehead atoms. The Bertz CT molecular complexity index is 791. The molecule has 0 aromatic heterocycles. The summed E-state index contributed by atoms with van der Waals surface area (Å²) in [5.74, 6) is -1.52. The van der Waals surface area contributed by atoms with E-state index in [0.717, 1.165) is 5.56 Å². The number of anilines is 1. The smallest absolute Gasteiger partial charge is 0.343 e. The van der Waals surface area contributed by atoms with Gasteiger partial charge in [-0.3, -0.25) is 0 Å². The molecule has 0 saturated carbocycles. The number of nitrogens with two attached hydrogens (primary N) is 1. The van der Waals surface area contributed by atoms with Crippen LogP contribution in [0.3, 0.4) is 0 Å². The highest BCUT2D eigenvalue weighted by Crippen LogP contribution is 2.33. The van der Waals surface area contributed by atoms with E-state index < -0.39 is 11.9 Å². The van der Waals surface area contributed by atoms with Gasteiger partial charge < -0.3 is 20.3 Å². The number of fused-ring (bicyclic) bond motifs is 2. The third kappa shape index (κ3) is 3.44. The molecule has 1 aliphatic rings. The minimum absolute atomic E-state index is 0. The molecule has 0 unspecified atom stereocenters. The number of carboxylic acid groups (broad SMARTS) is 1. The number of hydrogen-bond donors (Lipinski definition) is 2. The van der Waals surface area contributed by atoms with Gasteiger partial charge in [0, 0.05) is 5.69 Å². The second-order valence-electron chi connectivity index (χ2n) is 5.20. The molecule has 3 rings (SSSR count). The molecule has 0 radical (unpaired) electrons. The molecule has 2 aromatic rings. The molecule has 3 N–H and O–H groups in total. The number of aromatic carboxylic acids is 1. The molecule has 7 heteroatoms. The van der Waals surface area contributed by atoms with Crippen LogP contribution >= 0.6 is 12.4 Å². The molecular weight excluding hydrogens is 334 g/mol. The van der Waals surface area contributed by atoms with Gasteiger partial charge in [0.05, 0.1) is 12.2 Å². The van der Waals surface area contributed by atoms with Crippen LogP contribution in [0.15, 0.2) is 36.4 Å². The number of nitrogen functional groups attached to an aromatic ring is 1. The van der Waals surface area contributed by atoms with Gasteiger partial charge >= 0.3 is 11.9 Å². The van der Waals surface area contributed by atoms with Crippen molar-refractivity contribution in [2.24, 2.45) is 0 Å². The van der Waals surface area contributed by atoms with E-state index in [2.05, 4.69) is 0 Å². The van der Waals surface area contributed by atoms with Crippen LogP contribution in [-0.2, 0) is 6.42 Å². The van der Waals surface area contributed by atoms with Crippen LogP contribution in [0.5, 0.6) is 11.5 Å². The second kappa shape index (κ2) is 7.23. The highest BCUT2D eigenvalue weighted by Gasteiger charge is 2.22. The van der Waals surface area contributed by atoms with Gasteiger partial charge in [0.25, 0.3) is 0 Å². The van der Waals surface area contributed by atoms with Crippen LogP contribution in [0.1, 0.15) is 32.7 Å². The molecule has 2 aromatic carbocycles. The fourth-order valence-corrected chi connectivity index (χ4v) is 2.52. The Hall–Kier alpha value is -2.73. The van der Waals surface area contributed by atoms with Crippen molar-refractivity contribution in [1.82, 2.24) is 0 Å². The minimum atomic E-state index is -1.14. The first kappa shape index (κ1) is 17.6. The zero-order chi connectivity index (χ0) is 16.4. The van der Waals surface area contributed by atoms with E-state index in [1.165, 1.54) is 18.2 Å². The third-order valence-corrected chi connectivity index (χ3v) is 3.60. The first-order chi connectivity index (χ1) is 11.1. The lowest BCUT2D eigenvalue weighted by Gasteiger charge is -2.17. The normalized spacial score (nSPS) is 13.4. The second-order valence-corrected chi connectivity index (χ2v) is 5.20. The average molecular weight is 350 g/mol. The van der Waals surface area contributed by atoms with Crippen molar-refractivity contribution in [3.8, 4) is 11.5 Å². The molecule has 0 fully saturated rings. The third-order valence-electron chi connectivity index (χ3n) is 3.60. The largest absolute Gasteiger partial charge is 0.489 e. The quantitative estimate of drug-likeness (QED) is 0.466. The van der Waals surface area contributed by atoms with Gasteiger partial charge in [-0.05, 0) is 48.7 Å².